The second kappa shape index (κ2) is 4.10. The van der Waals surface area contributed by atoms with E-state index in [1.807, 2.05) is 37.2 Å². The number of hydrazone groups is 1. The van der Waals surface area contributed by atoms with Gasteiger partial charge in [0.25, 0.3) is 0 Å². The van der Waals surface area contributed by atoms with E-state index in [0.29, 0.717) is 0 Å². The summed E-state index contributed by atoms with van der Waals surface area (Å²) in [6.07, 6.45) is 3.88. The molecular weight excluding hydrogens is 208 g/mol. The lowest BCUT2D eigenvalue weighted by molar-refractivity contribution is 0.364. The molecule has 0 saturated heterocycles. The molecule has 5 heteroatoms. The fourth-order valence-electron chi connectivity index (χ4n) is 1.69. The van der Waals surface area contributed by atoms with E-state index in [1.165, 1.54) is 0 Å². The van der Waals surface area contributed by atoms with Crippen LogP contribution in [0, 0.1) is 0 Å². The lowest BCUT2D eigenvalue weighted by Crippen LogP contribution is -2.38. The van der Waals surface area contributed by atoms with Gasteiger partial charge in [0.2, 0.25) is 0 Å². The Bertz CT molecular complexity index is 365. The average molecular weight is 222 g/mol. The van der Waals surface area contributed by atoms with Crippen LogP contribution in [0.15, 0.2) is 29.5 Å². The van der Waals surface area contributed by atoms with Gasteiger partial charge in [0, 0.05) is 13.2 Å². The molecule has 2 heterocycles. The largest absolute Gasteiger partial charge is 0.281 e. The van der Waals surface area contributed by atoms with E-state index in [-0.39, 0.29) is 5.50 Å². The van der Waals surface area contributed by atoms with Gasteiger partial charge in [0.05, 0.1) is 0 Å². The molecule has 0 amide bonds. The van der Waals surface area contributed by atoms with Gasteiger partial charge in [0.1, 0.15) is 11.7 Å². The molecule has 1 aliphatic rings. The molecule has 0 N–H and O–H groups in total. The number of hydrogen-bond donors (Lipinski definition) is 0. The summed E-state index contributed by atoms with van der Waals surface area (Å²) in [4.78, 5) is 6.48. The first-order valence-corrected chi connectivity index (χ1v) is 6.04. The Morgan fingerprint density at radius 1 is 1.40 bits per heavy atom. The molecule has 0 spiro atoms. The van der Waals surface area contributed by atoms with Crippen molar-refractivity contribution >= 4 is 23.4 Å². The van der Waals surface area contributed by atoms with Crippen molar-refractivity contribution in [3.8, 4) is 0 Å². The highest BCUT2D eigenvalue weighted by molar-refractivity contribution is 7.99. The van der Waals surface area contributed by atoms with Crippen LogP contribution in [-0.2, 0) is 0 Å². The lowest BCUT2D eigenvalue weighted by atomic mass is 10.4. The highest BCUT2D eigenvalue weighted by Crippen LogP contribution is 2.27. The van der Waals surface area contributed by atoms with Crippen LogP contribution < -0.4 is 4.90 Å². The molecule has 1 aliphatic heterocycles. The fourth-order valence-corrected chi connectivity index (χ4v) is 2.51. The maximum Gasteiger partial charge on any atom is 0.172 e. The Labute approximate surface area is 94.0 Å². The number of thioether (sulfide) groups is 1. The molecule has 0 aromatic carbocycles. The molecule has 15 heavy (non-hydrogen) atoms. The number of aromatic nitrogens is 1. The van der Waals surface area contributed by atoms with Crippen LogP contribution in [0.2, 0.25) is 0 Å². The molecular formula is C10H14N4S. The van der Waals surface area contributed by atoms with Gasteiger partial charge in [-0.05, 0) is 25.3 Å². The molecule has 1 aromatic rings. The molecule has 0 bridgehead atoms. The predicted octanol–water partition coefficient (Wildman–Crippen LogP) is 1.81. The smallest absolute Gasteiger partial charge is 0.172 e. The molecule has 1 atom stereocenters. The maximum absolute atomic E-state index is 4.41. The first kappa shape index (κ1) is 10.3. The molecule has 0 saturated carbocycles. The zero-order valence-corrected chi connectivity index (χ0v) is 9.90. The summed E-state index contributed by atoms with van der Waals surface area (Å²) >= 11 is 1.74. The summed E-state index contributed by atoms with van der Waals surface area (Å²) < 4.78 is 0. The number of hydrogen-bond acceptors (Lipinski definition) is 5. The van der Waals surface area contributed by atoms with Crippen molar-refractivity contribution in [1.29, 1.82) is 0 Å². The van der Waals surface area contributed by atoms with E-state index < -0.39 is 0 Å². The third-order valence-corrected chi connectivity index (χ3v) is 3.24. The van der Waals surface area contributed by atoms with Crippen molar-refractivity contribution in [2.75, 3.05) is 18.2 Å². The summed E-state index contributed by atoms with van der Waals surface area (Å²) in [7, 11) is 1.98. The van der Waals surface area contributed by atoms with Crippen molar-refractivity contribution < 1.29 is 0 Å². The van der Waals surface area contributed by atoms with E-state index >= 15 is 0 Å². The maximum atomic E-state index is 4.41. The Morgan fingerprint density at radius 2 is 2.20 bits per heavy atom. The summed E-state index contributed by atoms with van der Waals surface area (Å²) in [5.74, 6) is 1.93. The number of amidine groups is 1. The van der Waals surface area contributed by atoms with E-state index in [0.717, 1.165) is 11.7 Å². The van der Waals surface area contributed by atoms with Crippen LogP contribution in [0.4, 0.5) is 5.82 Å². The second-order valence-corrected chi connectivity index (χ2v) is 4.23. The summed E-state index contributed by atoms with van der Waals surface area (Å²) in [6, 6.07) is 5.91. The first-order valence-electron chi connectivity index (χ1n) is 4.75. The highest BCUT2D eigenvalue weighted by atomic mass is 32.2. The SMILES string of the molecule is CSC1N(C)N=C(C)N1c1ccccn1. The minimum Gasteiger partial charge on any atom is -0.281 e. The molecule has 0 aliphatic carbocycles. The minimum absolute atomic E-state index is 0.208. The van der Waals surface area contributed by atoms with Gasteiger partial charge in [0.15, 0.2) is 5.50 Å². The first-order chi connectivity index (χ1) is 7.24. The fraction of sp³-hybridized carbons (Fsp3) is 0.400. The van der Waals surface area contributed by atoms with Crippen LogP contribution in [-0.4, -0.2) is 34.6 Å². The molecule has 4 nitrogen and oxygen atoms in total. The van der Waals surface area contributed by atoms with Gasteiger partial charge in [-0.1, -0.05) is 6.07 Å². The van der Waals surface area contributed by atoms with Gasteiger partial charge in [-0.15, -0.1) is 11.8 Å². The van der Waals surface area contributed by atoms with Crippen molar-refractivity contribution in [2.24, 2.45) is 5.10 Å². The van der Waals surface area contributed by atoms with E-state index in [4.69, 9.17) is 0 Å². The van der Waals surface area contributed by atoms with Gasteiger partial charge in [-0.25, -0.2) is 4.98 Å². The topological polar surface area (TPSA) is 31.7 Å². The van der Waals surface area contributed by atoms with Crippen molar-refractivity contribution in [1.82, 2.24) is 9.99 Å². The van der Waals surface area contributed by atoms with E-state index in [9.17, 15) is 0 Å². The molecule has 0 fully saturated rings. The predicted molar refractivity (Wildman–Crippen MR) is 64.9 cm³/mol. The second-order valence-electron chi connectivity index (χ2n) is 3.34. The summed E-state index contributed by atoms with van der Waals surface area (Å²) in [6.45, 7) is 2.00. The molecule has 80 valence electrons. The number of rotatable bonds is 2. The number of nitrogens with zero attached hydrogens (tertiary/aromatic N) is 4. The van der Waals surface area contributed by atoms with Gasteiger partial charge < -0.3 is 0 Å². The Hall–Kier alpha value is -1.23. The van der Waals surface area contributed by atoms with Crippen LogP contribution in [0.5, 0.6) is 0 Å². The van der Waals surface area contributed by atoms with Gasteiger partial charge in [-0.2, -0.15) is 5.10 Å². The zero-order chi connectivity index (χ0) is 10.8. The lowest BCUT2D eigenvalue weighted by Gasteiger charge is -2.26. The number of anilines is 1. The molecule has 1 aromatic heterocycles. The third kappa shape index (κ3) is 1.79. The monoisotopic (exact) mass is 222 g/mol. The average Bonchev–Trinajstić information content (AvgIpc) is 2.54. The Morgan fingerprint density at radius 3 is 2.80 bits per heavy atom. The zero-order valence-electron chi connectivity index (χ0n) is 9.08. The standard InChI is InChI=1S/C10H14N4S/c1-8-12-13(2)10(15-3)14(8)9-6-4-5-7-11-9/h4-7,10H,1-3H3. The minimum atomic E-state index is 0.208. The van der Waals surface area contributed by atoms with Gasteiger partial charge in [-0.3, -0.25) is 9.91 Å². The molecule has 0 radical (unpaired) electrons. The van der Waals surface area contributed by atoms with Crippen LogP contribution in [0.1, 0.15) is 6.92 Å². The van der Waals surface area contributed by atoms with Crippen LogP contribution in [0.25, 0.3) is 0 Å². The van der Waals surface area contributed by atoms with E-state index in [1.54, 1.807) is 18.0 Å². The van der Waals surface area contributed by atoms with E-state index in [2.05, 4.69) is 21.2 Å². The summed E-state index contributed by atoms with van der Waals surface area (Å²) in [5, 5.41) is 6.37. The van der Waals surface area contributed by atoms with Gasteiger partial charge >= 0.3 is 0 Å². The third-order valence-electron chi connectivity index (χ3n) is 2.30. The molecule has 2 rings (SSSR count). The van der Waals surface area contributed by atoms with Crippen LogP contribution >= 0.6 is 11.8 Å². The van der Waals surface area contributed by atoms with Crippen molar-refractivity contribution in [3.63, 3.8) is 0 Å². The quantitative estimate of drug-likeness (QED) is 0.764. The Balaban J connectivity index is 2.32. The highest BCUT2D eigenvalue weighted by Gasteiger charge is 2.30. The number of pyridine rings is 1. The molecule has 1 unspecified atom stereocenters. The summed E-state index contributed by atoms with van der Waals surface area (Å²) in [5.41, 5.74) is 0.208. The van der Waals surface area contributed by atoms with Crippen molar-refractivity contribution in [2.45, 2.75) is 12.4 Å². The van der Waals surface area contributed by atoms with Crippen molar-refractivity contribution in [3.05, 3.63) is 24.4 Å². The normalized spacial score (nSPS) is 20.7. The Kier molecular flexibility index (Phi) is 2.81. The van der Waals surface area contributed by atoms with Crippen LogP contribution in [0.3, 0.4) is 0 Å².